The van der Waals surface area contributed by atoms with Gasteiger partial charge in [0.05, 0.1) is 17.7 Å². The number of carbonyl (C=O) groups is 3. The maximum Gasteiger partial charge on any atom is 0.338 e. The van der Waals surface area contributed by atoms with Gasteiger partial charge in [-0.1, -0.05) is 42.3 Å². The van der Waals surface area contributed by atoms with Crippen molar-refractivity contribution in [1.82, 2.24) is 0 Å². The molecule has 0 spiro atoms. The lowest BCUT2D eigenvalue weighted by molar-refractivity contribution is -0.117. The summed E-state index contributed by atoms with van der Waals surface area (Å²) in [6.45, 7) is 5.11. The average molecular weight is 386 g/mol. The van der Waals surface area contributed by atoms with Crippen LogP contribution < -0.4 is 0 Å². The number of alkyl halides is 1. The van der Waals surface area contributed by atoms with E-state index in [4.69, 9.17) is 9.47 Å². The second-order valence-corrected chi connectivity index (χ2v) is 6.76. The maximum atomic E-state index is 14.1. The third-order valence-electron chi connectivity index (χ3n) is 4.30. The molecule has 5 nitrogen and oxygen atoms in total. The zero-order chi connectivity index (χ0) is 20.7. The number of ether oxygens (including phenoxy) is 2. The van der Waals surface area contributed by atoms with E-state index >= 15 is 0 Å². The van der Waals surface area contributed by atoms with Gasteiger partial charge in [-0.25, -0.2) is 14.0 Å². The van der Waals surface area contributed by atoms with Crippen molar-refractivity contribution < 1.29 is 28.2 Å². The van der Waals surface area contributed by atoms with Crippen LogP contribution in [0.4, 0.5) is 4.39 Å². The monoisotopic (exact) mass is 386 g/mol. The summed E-state index contributed by atoms with van der Waals surface area (Å²) in [7, 11) is 0. The highest BCUT2D eigenvalue weighted by atomic mass is 19.1. The summed E-state index contributed by atoms with van der Waals surface area (Å²) >= 11 is 0. The third-order valence-corrected chi connectivity index (χ3v) is 4.30. The molecule has 0 aromatic heterocycles. The van der Waals surface area contributed by atoms with E-state index in [2.05, 4.69) is 0 Å². The molecular formula is C22H23FO5. The molecule has 0 unspecified atom stereocenters. The molecule has 0 saturated heterocycles. The molecule has 2 aromatic carbocycles. The highest BCUT2D eigenvalue weighted by Crippen LogP contribution is 2.18. The molecule has 0 amide bonds. The van der Waals surface area contributed by atoms with E-state index < -0.39 is 30.1 Å². The summed E-state index contributed by atoms with van der Waals surface area (Å²) in [5, 5.41) is 0. The number of halogens is 1. The first-order valence-electron chi connectivity index (χ1n) is 8.92. The van der Waals surface area contributed by atoms with E-state index in [1.54, 1.807) is 55.5 Å². The number of carbonyl (C=O) groups excluding carboxylic acids is 3. The summed E-state index contributed by atoms with van der Waals surface area (Å²) in [6.07, 6.45) is -3.31. The topological polar surface area (TPSA) is 69.7 Å². The number of hydrogen-bond donors (Lipinski definition) is 0. The first kappa shape index (κ1) is 21.3. The van der Waals surface area contributed by atoms with Crippen LogP contribution in [-0.2, 0) is 14.3 Å². The number of benzene rings is 2. The molecule has 0 fully saturated rings. The Labute approximate surface area is 163 Å². The van der Waals surface area contributed by atoms with Gasteiger partial charge in [-0.05, 0) is 38.1 Å². The van der Waals surface area contributed by atoms with Gasteiger partial charge in [0.1, 0.15) is 6.10 Å². The number of esters is 2. The number of rotatable bonds is 8. The summed E-state index contributed by atoms with van der Waals surface area (Å²) in [4.78, 5) is 35.3. The molecule has 0 radical (unpaired) electrons. The Hall–Kier alpha value is -3.02. The summed E-state index contributed by atoms with van der Waals surface area (Å²) in [6, 6.07) is 13.4. The fraction of sp³-hybridized carbons (Fsp3) is 0.318. The predicted octanol–water partition coefficient (Wildman–Crippen LogP) is 3.86. The highest BCUT2D eigenvalue weighted by Gasteiger charge is 2.32. The fourth-order valence-electron chi connectivity index (χ4n) is 2.53. The summed E-state index contributed by atoms with van der Waals surface area (Å²) < 4.78 is 24.5. The van der Waals surface area contributed by atoms with Crippen LogP contribution in [0.25, 0.3) is 0 Å². The van der Waals surface area contributed by atoms with Crippen molar-refractivity contribution in [2.45, 2.75) is 33.0 Å². The Bertz CT molecular complexity index is 814. The van der Waals surface area contributed by atoms with Crippen LogP contribution in [0.15, 0.2) is 48.5 Å². The highest BCUT2D eigenvalue weighted by molar-refractivity contribution is 5.90. The summed E-state index contributed by atoms with van der Waals surface area (Å²) in [5.74, 6) is -2.04. The zero-order valence-electron chi connectivity index (χ0n) is 16.1. The minimum atomic E-state index is -2.03. The number of hydrogen-bond acceptors (Lipinski definition) is 5. The molecule has 3 atom stereocenters. The van der Waals surface area contributed by atoms with Gasteiger partial charge in [0.2, 0.25) is 0 Å². The lowest BCUT2D eigenvalue weighted by Crippen LogP contribution is -2.37. The Morgan fingerprint density at radius 2 is 1.39 bits per heavy atom. The molecule has 0 aliphatic carbocycles. The number of aryl methyl sites for hydroxylation is 2. The van der Waals surface area contributed by atoms with E-state index in [9.17, 15) is 18.8 Å². The molecule has 2 aromatic rings. The van der Waals surface area contributed by atoms with Crippen molar-refractivity contribution in [2.24, 2.45) is 5.92 Å². The zero-order valence-corrected chi connectivity index (χ0v) is 16.1. The van der Waals surface area contributed by atoms with Gasteiger partial charge in [-0.3, -0.25) is 4.79 Å². The van der Waals surface area contributed by atoms with E-state index in [0.29, 0.717) is 5.56 Å². The van der Waals surface area contributed by atoms with Crippen molar-refractivity contribution in [3.63, 3.8) is 0 Å². The Balaban J connectivity index is 2.01. The van der Waals surface area contributed by atoms with Crippen LogP contribution in [0.5, 0.6) is 0 Å². The first-order chi connectivity index (χ1) is 13.3. The SMILES string of the molecule is Cc1ccc(C(=O)OC[C@H](C)[C@@H](OC(=O)c2ccc(C)cc2)[C@H](F)C=O)cc1. The predicted molar refractivity (Wildman–Crippen MR) is 102 cm³/mol. The van der Waals surface area contributed by atoms with Crippen LogP contribution in [-0.4, -0.2) is 37.1 Å². The van der Waals surface area contributed by atoms with Gasteiger partial charge in [-0.15, -0.1) is 0 Å². The van der Waals surface area contributed by atoms with Crippen LogP contribution in [0, 0.1) is 19.8 Å². The minimum absolute atomic E-state index is 0.0748. The van der Waals surface area contributed by atoms with Crippen LogP contribution in [0.2, 0.25) is 0 Å². The lowest BCUT2D eigenvalue weighted by atomic mass is 10.0. The molecular weight excluding hydrogens is 363 g/mol. The Kier molecular flexibility index (Phi) is 7.44. The van der Waals surface area contributed by atoms with E-state index in [-0.39, 0.29) is 18.5 Å². The van der Waals surface area contributed by atoms with Gasteiger partial charge in [0.25, 0.3) is 0 Å². The van der Waals surface area contributed by atoms with Crippen molar-refractivity contribution in [1.29, 1.82) is 0 Å². The quantitative estimate of drug-likeness (QED) is 0.509. The molecule has 0 heterocycles. The van der Waals surface area contributed by atoms with Gasteiger partial charge in [-0.2, -0.15) is 0 Å². The average Bonchev–Trinajstić information content (AvgIpc) is 2.70. The maximum absolute atomic E-state index is 14.1. The van der Waals surface area contributed by atoms with Gasteiger partial charge < -0.3 is 9.47 Å². The molecule has 6 heteroatoms. The normalized spacial score (nSPS) is 13.9. The first-order valence-corrected chi connectivity index (χ1v) is 8.92. The van der Waals surface area contributed by atoms with Crippen molar-refractivity contribution in [2.75, 3.05) is 6.61 Å². The smallest absolute Gasteiger partial charge is 0.338 e. The molecule has 0 aliphatic rings. The van der Waals surface area contributed by atoms with Gasteiger partial charge in [0, 0.05) is 5.92 Å². The van der Waals surface area contributed by atoms with E-state index in [0.717, 1.165) is 11.1 Å². The van der Waals surface area contributed by atoms with Crippen molar-refractivity contribution >= 4 is 18.2 Å². The van der Waals surface area contributed by atoms with Gasteiger partial charge >= 0.3 is 11.9 Å². The molecule has 0 N–H and O–H groups in total. The number of aldehydes is 1. The Morgan fingerprint density at radius 3 is 1.86 bits per heavy atom. The van der Waals surface area contributed by atoms with E-state index in [1.807, 2.05) is 13.8 Å². The largest absolute Gasteiger partial charge is 0.462 e. The fourth-order valence-corrected chi connectivity index (χ4v) is 2.53. The van der Waals surface area contributed by atoms with E-state index in [1.165, 1.54) is 0 Å². The molecule has 28 heavy (non-hydrogen) atoms. The standard InChI is InChI=1S/C22H23FO5/c1-14-4-8-17(9-5-14)21(25)27-13-16(3)20(19(23)12-24)28-22(26)18-10-6-15(2)7-11-18/h4-12,16,19-20H,13H2,1-3H3/t16-,19+,20+/m0/s1. The van der Waals surface area contributed by atoms with Crippen molar-refractivity contribution in [3.05, 3.63) is 70.8 Å². The molecule has 0 saturated carbocycles. The minimum Gasteiger partial charge on any atom is -0.462 e. The molecule has 0 bridgehead atoms. The molecule has 0 aliphatic heterocycles. The second-order valence-electron chi connectivity index (χ2n) is 6.76. The van der Waals surface area contributed by atoms with Crippen molar-refractivity contribution in [3.8, 4) is 0 Å². The third kappa shape index (κ3) is 5.74. The van der Waals surface area contributed by atoms with Gasteiger partial charge in [0.15, 0.2) is 12.5 Å². The van der Waals surface area contributed by atoms with Crippen LogP contribution in [0.1, 0.15) is 38.8 Å². The van der Waals surface area contributed by atoms with Crippen LogP contribution >= 0.6 is 0 Å². The summed E-state index contributed by atoms with van der Waals surface area (Å²) in [5.41, 5.74) is 2.57. The van der Waals surface area contributed by atoms with Crippen LogP contribution in [0.3, 0.4) is 0 Å². The lowest BCUT2D eigenvalue weighted by Gasteiger charge is -2.24. The second kappa shape index (κ2) is 9.78. The molecule has 2 rings (SSSR count). The molecule has 148 valence electrons. The Morgan fingerprint density at radius 1 is 0.929 bits per heavy atom.